The largest absolute Gasteiger partial charge is 0.495 e. The number of anilines is 1. The van der Waals surface area contributed by atoms with Gasteiger partial charge in [-0.05, 0) is 23.3 Å². The average Bonchev–Trinajstić information content (AvgIpc) is 3.20. The maximum Gasteiger partial charge on any atom is 0.234 e. The highest BCUT2D eigenvalue weighted by Crippen LogP contribution is 2.25. The molecule has 0 radical (unpaired) electrons. The van der Waals surface area contributed by atoms with Crippen molar-refractivity contribution in [2.24, 2.45) is 0 Å². The summed E-state index contributed by atoms with van der Waals surface area (Å²) in [7, 11) is 1.58. The number of aromatic nitrogens is 3. The molecule has 0 fully saturated rings. The number of para-hydroxylation sites is 2. The van der Waals surface area contributed by atoms with Crippen LogP contribution < -0.4 is 10.1 Å². The third-order valence-corrected chi connectivity index (χ3v) is 5.86. The molecule has 1 heterocycles. The van der Waals surface area contributed by atoms with E-state index < -0.39 is 0 Å². The van der Waals surface area contributed by atoms with Crippen LogP contribution in [0.1, 0.15) is 17.0 Å². The van der Waals surface area contributed by atoms with Gasteiger partial charge in [-0.15, -0.1) is 10.2 Å². The van der Waals surface area contributed by atoms with E-state index in [-0.39, 0.29) is 11.7 Å². The summed E-state index contributed by atoms with van der Waals surface area (Å²) in [5, 5.41) is 12.5. The highest BCUT2D eigenvalue weighted by Gasteiger charge is 2.16. The van der Waals surface area contributed by atoms with Crippen molar-refractivity contribution in [1.29, 1.82) is 0 Å². The van der Waals surface area contributed by atoms with E-state index >= 15 is 0 Å². The summed E-state index contributed by atoms with van der Waals surface area (Å²) < 4.78 is 7.39. The normalized spacial score (nSPS) is 10.7. The summed E-state index contributed by atoms with van der Waals surface area (Å²) >= 11 is 1.37. The molecule has 7 heteroatoms. The van der Waals surface area contributed by atoms with Crippen molar-refractivity contribution in [3.8, 4) is 5.75 Å². The van der Waals surface area contributed by atoms with E-state index in [0.717, 1.165) is 16.5 Å². The van der Waals surface area contributed by atoms with Gasteiger partial charge in [-0.2, -0.15) is 0 Å². The topological polar surface area (TPSA) is 69.0 Å². The van der Waals surface area contributed by atoms with Crippen LogP contribution in [0.15, 0.2) is 90.1 Å². The van der Waals surface area contributed by atoms with E-state index in [1.54, 1.807) is 7.11 Å². The number of hydrogen-bond donors (Lipinski definition) is 1. The second-order valence-corrected chi connectivity index (χ2v) is 8.11. The van der Waals surface area contributed by atoms with Gasteiger partial charge in [0.15, 0.2) is 5.16 Å². The van der Waals surface area contributed by atoms with Gasteiger partial charge < -0.3 is 14.6 Å². The summed E-state index contributed by atoms with van der Waals surface area (Å²) in [6.07, 6.45) is 0.675. The smallest absolute Gasteiger partial charge is 0.234 e. The van der Waals surface area contributed by atoms with Crippen molar-refractivity contribution < 1.29 is 9.53 Å². The van der Waals surface area contributed by atoms with Crippen molar-refractivity contribution in [2.75, 3.05) is 18.2 Å². The number of nitrogens with one attached hydrogen (secondary N) is 1. The molecule has 1 aromatic heterocycles. The van der Waals surface area contributed by atoms with Crippen LogP contribution in [0, 0.1) is 0 Å². The first kappa shape index (κ1) is 21.6. The van der Waals surface area contributed by atoms with Crippen LogP contribution >= 0.6 is 11.8 Å². The SMILES string of the molecule is COc1ccccc1NC(=O)CSc1nnc(Cc2ccccc2)n1Cc1ccccc1. The van der Waals surface area contributed by atoms with E-state index in [0.29, 0.717) is 24.4 Å². The monoisotopic (exact) mass is 444 g/mol. The Kier molecular flexibility index (Phi) is 7.19. The first-order valence-corrected chi connectivity index (χ1v) is 11.3. The number of nitrogens with zero attached hydrogens (tertiary/aromatic N) is 3. The third-order valence-electron chi connectivity index (χ3n) is 4.90. The first-order valence-electron chi connectivity index (χ1n) is 10.3. The molecule has 0 atom stereocenters. The van der Waals surface area contributed by atoms with Crippen molar-refractivity contribution >= 4 is 23.4 Å². The van der Waals surface area contributed by atoms with Crippen molar-refractivity contribution in [1.82, 2.24) is 14.8 Å². The summed E-state index contributed by atoms with van der Waals surface area (Å²) in [6, 6.07) is 27.7. The van der Waals surface area contributed by atoms with E-state index in [4.69, 9.17) is 4.74 Å². The molecule has 0 unspecified atom stereocenters. The molecule has 32 heavy (non-hydrogen) atoms. The van der Waals surface area contributed by atoms with Gasteiger partial charge in [0.25, 0.3) is 0 Å². The minimum Gasteiger partial charge on any atom is -0.495 e. The molecule has 0 bridgehead atoms. The van der Waals surface area contributed by atoms with Crippen LogP contribution in [0.5, 0.6) is 5.75 Å². The number of benzene rings is 3. The number of carbonyl (C=O) groups is 1. The highest BCUT2D eigenvalue weighted by atomic mass is 32.2. The number of ether oxygens (including phenoxy) is 1. The molecular formula is C25H24N4O2S. The molecule has 0 saturated heterocycles. The lowest BCUT2D eigenvalue weighted by molar-refractivity contribution is -0.113. The standard InChI is InChI=1S/C25H24N4O2S/c1-31-22-15-9-8-14-21(22)26-24(30)18-32-25-28-27-23(16-19-10-4-2-5-11-19)29(25)17-20-12-6-3-7-13-20/h2-15H,16-18H2,1H3,(H,26,30). The summed E-state index contributed by atoms with van der Waals surface area (Å²) in [5.41, 5.74) is 2.97. The minimum absolute atomic E-state index is 0.127. The molecule has 162 valence electrons. The number of rotatable bonds is 9. The lowest BCUT2D eigenvalue weighted by Gasteiger charge is -2.11. The molecule has 4 aromatic rings. The van der Waals surface area contributed by atoms with Crippen LogP contribution in [0.3, 0.4) is 0 Å². The first-order chi connectivity index (χ1) is 15.7. The molecule has 3 aromatic carbocycles. The number of carbonyl (C=O) groups excluding carboxylic acids is 1. The second-order valence-electron chi connectivity index (χ2n) is 7.17. The number of hydrogen-bond acceptors (Lipinski definition) is 5. The lowest BCUT2D eigenvalue weighted by Crippen LogP contribution is -2.15. The maximum absolute atomic E-state index is 12.6. The maximum atomic E-state index is 12.6. The van der Waals surface area contributed by atoms with Gasteiger partial charge in [0.2, 0.25) is 5.91 Å². The lowest BCUT2D eigenvalue weighted by atomic mass is 10.1. The molecule has 0 spiro atoms. The predicted octanol–water partition coefficient (Wildman–Crippen LogP) is 4.66. The van der Waals surface area contributed by atoms with Gasteiger partial charge in [0.05, 0.1) is 25.1 Å². The van der Waals surface area contributed by atoms with Crippen molar-refractivity contribution in [2.45, 2.75) is 18.1 Å². The van der Waals surface area contributed by atoms with E-state index in [1.165, 1.54) is 17.3 Å². The van der Waals surface area contributed by atoms with Gasteiger partial charge >= 0.3 is 0 Å². The molecule has 0 saturated carbocycles. The van der Waals surface area contributed by atoms with Gasteiger partial charge in [0, 0.05) is 6.42 Å². The van der Waals surface area contributed by atoms with Crippen LogP contribution in [0.2, 0.25) is 0 Å². The molecule has 1 amide bonds. The highest BCUT2D eigenvalue weighted by molar-refractivity contribution is 7.99. The van der Waals surface area contributed by atoms with Crippen molar-refractivity contribution in [3.63, 3.8) is 0 Å². The molecule has 0 aliphatic heterocycles. The second kappa shape index (κ2) is 10.6. The number of thioether (sulfide) groups is 1. The fourth-order valence-corrected chi connectivity index (χ4v) is 4.08. The van der Waals surface area contributed by atoms with E-state index in [2.05, 4.69) is 44.3 Å². The zero-order chi connectivity index (χ0) is 22.2. The predicted molar refractivity (Wildman–Crippen MR) is 127 cm³/mol. The molecule has 1 N–H and O–H groups in total. The molecule has 4 rings (SSSR count). The van der Waals surface area contributed by atoms with E-state index in [1.807, 2.05) is 60.7 Å². The Bertz CT molecular complexity index is 1160. The summed E-state index contributed by atoms with van der Waals surface area (Å²) in [4.78, 5) is 12.6. The zero-order valence-corrected chi connectivity index (χ0v) is 18.6. The van der Waals surface area contributed by atoms with Crippen molar-refractivity contribution in [3.05, 3.63) is 102 Å². The molecule has 0 aliphatic carbocycles. The average molecular weight is 445 g/mol. The number of amides is 1. The number of methoxy groups -OCH3 is 1. The van der Waals surface area contributed by atoms with Gasteiger partial charge in [-0.1, -0.05) is 84.6 Å². The van der Waals surface area contributed by atoms with Crippen LogP contribution in [-0.4, -0.2) is 33.5 Å². The van der Waals surface area contributed by atoms with Gasteiger partial charge in [-0.25, -0.2) is 0 Å². The Morgan fingerprint density at radius 1 is 0.906 bits per heavy atom. The van der Waals surface area contributed by atoms with Gasteiger partial charge in [0.1, 0.15) is 11.6 Å². The Morgan fingerprint density at radius 2 is 1.56 bits per heavy atom. The van der Waals surface area contributed by atoms with Crippen LogP contribution in [0.25, 0.3) is 0 Å². The molecule has 0 aliphatic rings. The van der Waals surface area contributed by atoms with E-state index in [9.17, 15) is 4.79 Å². The summed E-state index contributed by atoms with van der Waals surface area (Å²) in [6.45, 7) is 0.645. The summed E-state index contributed by atoms with van der Waals surface area (Å²) in [5.74, 6) is 1.59. The third kappa shape index (κ3) is 5.56. The van der Waals surface area contributed by atoms with Gasteiger partial charge in [-0.3, -0.25) is 4.79 Å². The fourth-order valence-electron chi connectivity index (χ4n) is 3.32. The zero-order valence-electron chi connectivity index (χ0n) is 17.8. The minimum atomic E-state index is -0.127. The Hall–Kier alpha value is -3.58. The fraction of sp³-hybridized carbons (Fsp3) is 0.160. The molecular weight excluding hydrogens is 420 g/mol. The van der Waals surface area contributed by atoms with Crippen LogP contribution in [-0.2, 0) is 17.8 Å². The van der Waals surface area contributed by atoms with Crippen LogP contribution in [0.4, 0.5) is 5.69 Å². The Labute approximate surface area is 191 Å². The Morgan fingerprint density at radius 3 is 2.28 bits per heavy atom. The molecule has 6 nitrogen and oxygen atoms in total. The quantitative estimate of drug-likeness (QED) is 0.381. The Balaban J connectivity index is 1.50.